The lowest BCUT2D eigenvalue weighted by Crippen LogP contribution is -2.12. The summed E-state index contributed by atoms with van der Waals surface area (Å²) in [5, 5.41) is 3.90. The van der Waals surface area contributed by atoms with Crippen molar-refractivity contribution in [2.45, 2.75) is 4.90 Å². The van der Waals surface area contributed by atoms with Gasteiger partial charge in [0, 0.05) is 21.7 Å². The van der Waals surface area contributed by atoms with Crippen molar-refractivity contribution in [2.24, 2.45) is 0 Å². The Balaban J connectivity index is 2.38. The van der Waals surface area contributed by atoms with E-state index < -0.39 is 10.0 Å². The third-order valence-electron chi connectivity index (χ3n) is 1.84. The summed E-state index contributed by atoms with van der Waals surface area (Å²) in [4.78, 5) is 0.111. The van der Waals surface area contributed by atoms with Crippen LogP contribution in [0.2, 0.25) is 0 Å². The molecule has 0 spiro atoms. The third kappa shape index (κ3) is 2.73. The number of nitrogen functional groups attached to an aromatic ring is 1. The van der Waals surface area contributed by atoms with Gasteiger partial charge in [0.1, 0.15) is 9.90 Å². The Morgan fingerprint density at radius 1 is 1.41 bits per heavy atom. The van der Waals surface area contributed by atoms with Crippen LogP contribution >= 0.6 is 27.5 Å². The minimum atomic E-state index is -3.65. The average molecular weight is 335 g/mol. The molecule has 0 bridgehead atoms. The zero-order valence-corrected chi connectivity index (χ0v) is 11.5. The first-order chi connectivity index (χ1) is 7.99. The van der Waals surface area contributed by atoms with Gasteiger partial charge < -0.3 is 5.73 Å². The van der Waals surface area contributed by atoms with Crippen molar-refractivity contribution in [2.75, 3.05) is 10.5 Å². The molecule has 0 aliphatic rings. The van der Waals surface area contributed by atoms with Gasteiger partial charge in [-0.15, -0.1) is 5.10 Å². The maximum atomic E-state index is 12.0. The van der Waals surface area contributed by atoms with Crippen molar-refractivity contribution in [1.82, 2.24) is 9.59 Å². The van der Waals surface area contributed by atoms with Gasteiger partial charge >= 0.3 is 0 Å². The first-order valence-corrected chi connectivity index (χ1v) is 7.39. The smallest absolute Gasteiger partial charge is 0.263 e. The molecular weight excluding hydrogens is 328 g/mol. The number of rotatable bonds is 3. The number of nitrogens with two attached hydrogens (primary N) is 1. The molecule has 6 nitrogen and oxygen atoms in total. The maximum Gasteiger partial charge on any atom is 0.263 e. The van der Waals surface area contributed by atoms with Crippen LogP contribution in [-0.4, -0.2) is 18.0 Å². The second-order valence-corrected chi connectivity index (χ2v) is 6.37. The van der Waals surface area contributed by atoms with E-state index in [-0.39, 0.29) is 4.90 Å². The second-order valence-electron chi connectivity index (χ2n) is 3.08. The number of aromatic nitrogens is 2. The van der Waals surface area contributed by atoms with Gasteiger partial charge in [0.25, 0.3) is 10.0 Å². The van der Waals surface area contributed by atoms with E-state index >= 15 is 0 Å². The largest absolute Gasteiger partial charge is 0.399 e. The number of sulfonamides is 1. The topological polar surface area (TPSA) is 98.0 Å². The van der Waals surface area contributed by atoms with Crippen LogP contribution < -0.4 is 10.5 Å². The summed E-state index contributed by atoms with van der Waals surface area (Å²) >= 11 is 4.12. The van der Waals surface area contributed by atoms with E-state index in [2.05, 4.69) is 30.2 Å². The number of hydrogen-bond donors (Lipinski definition) is 2. The van der Waals surface area contributed by atoms with Crippen molar-refractivity contribution >= 4 is 48.2 Å². The Bertz CT molecular complexity index is 627. The highest BCUT2D eigenvalue weighted by Gasteiger charge is 2.18. The third-order valence-corrected chi connectivity index (χ3v) is 4.89. The lowest BCUT2D eigenvalue weighted by Gasteiger charge is -2.07. The van der Waals surface area contributed by atoms with E-state index in [9.17, 15) is 8.42 Å². The minimum absolute atomic E-state index is 0.111. The average Bonchev–Trinajstić information content (AvgIpc) is 2.68. The van der Waals surface area contributed by atoms with E-state index in [1.807, 2.05) is 0 Å². The van der Waals surface area contributed by atoms with E-state index in [4.69, 9.17) is 5.73 Å². The van der Waals surface area contributed by atoms with Gasteiger partial charge in [0.2, 0.25) is 0 Å². The summed E-state index contributed by atoms with van der Waals surface area (Å²) in [6.45, 7) is 0. The fraction of sp³-hybridized carbons (Fsp3) is 0. The molecule has 0 saturated carbocycles. The maximum absolute atomic E-state index is 12.0. The lowest BCUT2D eigenvalue weighted by molar-refractivity contribution is 0.601. The molecule has 0 radical (unpaired) electrons. The standard InChI is InChI=1S/C8H7BrN4O2S2/c9-6-3-5(10)1-2-7(6)17(14,15)12-8-4-11-13-16-8/h1-4,12H,10H2. The number of nitrogens with zero attached hydrogens (tertiary/aromatic N) is 2. The Labute approximate surface area is 110 Å². The van der Waals surface area contributed by atoms with Gasteiger partial charge in [-0.1, -0.05) is 4.49 Å². The summed E-state index contributed by atoms with van der Waals surface area (Å²) < 4.78 is 30.3. The molecule has 2 rings (SSSR count). The number of nitrogens with one attached hydrogen (secondary N) is 1. The lowest BCUT2D eigenvalue weighted by atomic mass is 10.3. The van der Waals surface area contributed by atoms with Gasteiger partial charge in [-0.25, -0.2) is 8.42 Å². The van der Waals surface area contributed by atoms with E-state index in [1.165, 1.54) is 24.4 Å². The van der Waals surface area contributed by atoms with Gasteiger partial charge in [-0.05, 0) is 34.1 Å². The second kappa shape index (κ2) is 4.59. The zero-order valence-electron chi connectivity index (χ0n) is 8.29. The number of hydrogen-bond acceptors (Lipinski definition) is 6. The predicted octanol–water partition coefficient (Wildman–Crippen LogP) is 1.68. The molecule has 0 aliphatic heterocycles. The SMILES string of the molecule is Nc1ccc(S(=O)(=O)Nc2cnns2)c(Br)c1. The predicted molar refractivity (Wildman–Crippen MR) is 69.3 cm³/mol. The van der Waals surface area contributed by atoms with Crippen LogP contribution in [0.1, 0.15) is 0 Å². The molecule has 1 aromatic carbocycles. The van der Waals surface area contributed by atoms with Crippen LogP contribution in [0.15, 0.2) is 33.8 Å². The number of halogens is 1. The van der Waals surface area contributed by atoms with Crippen molar-refractivity contribution in [1.29, 1.82) is 0 Å². The molecule has 90 valence electrons. The minimum Gasteiger partial charge on any atom is -0.399 e. The molecule has 9 heteroatoms. The Hall–Kier alpha value is -1.19. The van der Waals surface area contributed by atoms with Crippen molar-refractivity contribution in [3.05, 3.63) is 28.9 Å². The highest BCUT2D eigenvalue weighted by Crippen LogP contribution is 2.26. The van der Waals surface area contributed by atoms with Crippen molar-refractivity contribution < 1.29 is 8.42 Å². The summed E-state index contributed by atoms with van der Waals surface area (Å²) in [7, 11) is -3.65. The highest BCUT2D eigenvalue weighted by atomic mass is 79.9. The molecule has 1 heterocycles. The van der Waals surface area contributed by atoms with Gasteiger partial charge in [-0.3, -0.25) is 4.72 Å². The van der Waals surface area contributed by atoms with Gasteiger partial charge in [0.05, 0.1) is 6.20 Å². The molecule has 2 aromatic rings. The van der Waals surface area contributed by atoms with E-state index in [1.54, 1.807) is 0 Å². The monoisotopic (exact) mass is 334 g/mol. The fourth-order valence-corrected chi connectivity index (χ4v) is 3.92. The molecule has 3 N–H and O–H groups in total. The first-order valence-electron chi connectivity index (χ1n) is 4.34. The molecule has 0 amide bonds. The molecular formula is C8H7BrN4O2S2. The Kier molecular flexibility index (Phi) is 3.31. The van der Waals surface area contributed by atoms with E-state index in [0.717, 1.165) is 11.5 Å². The molecule has 0 aliphatic carbocycles. The summed E-state index contributed by atoms with van der Waals surface area (Å²) in [6.07, 6.45) is 1.34. The van der Waals surface area contributed by atoms with Crippen LogP contribution in [0.4, 0.5) is 10.7 Å². The van der Waals surface area contributed by atoms with Gasteiger partial charge in [-0.2, -0.15) is 0 Å². The first kappa shape index (κ1) is 12.3. The Morgan fingerprint density at radius 2 is 2.18 bits per heavy atom. The molecule has 0 saturated heterocycles. The zero-order chi connectivity index (χ0) is 12.5. The highest BCUT2D eigenvalue weighted by molar-refractivity contribution is 9.10. The van der Waals surface area contributed by atoms with Crippen LogP contribution in [0.25, 0.3) is 0 Å². The summed E-state index contributed by atoms with van der Waals surface area (Å²) in [5.74, 6) is 0. The van der Waals surface area contributed by atoms with E-state index in [0.29, 0.717) is 15.2 Å². The normalized spacial score (nSPS) is 11.4. The molecule has 0 atom stereocenters. The van der Waals surface area contributed by atoms with Crippen LogP contribution in [0, 0.1) is 0 Å². The number of benzene rings is 1. The Morgan fingerprint density at radius 3 is 2.76 bits per heavy atom. The summed E-state index contributed by atoms with van der Waals surface area (Å²) in [6, 6.07) is 4.47. The quantitative estimate of drug-likeness (QED) is 0.832. The van der Waals surface area contributed by atoms with Gasteiger partial charge in [0.15, 0.2) is 0 Å². The summed E-state index contributed by atoms with van der Waals surface area (Å²) in [5.41, 5.74) is 6.03. The van der Waals surface area contributed by atoms with Crippen molar-refractivity contribution in [3.63, 3.8) is 0 Å². The van der Waals surface area contributed by atoms with Crippen LogP contribution in [0.3, 0.4) is 0 Å². The van der Waals surface area contributed by atoms with Crippen molar-refractivity contribution in [3.8, 4) is 0 Å². The fourth-order valence-electron chi connectivity index (χ4n) is 1.13. The molecule has 1 aromatic heterocycles. The molecule has 0 fully saturated rings. The molecule has 17 heavy (non-hydrogen) atoms. The number of anilines is 2. The van der Waals surface area contributed by atoms with Crippen LogP contribution in [0.5, 0.6) is 0 Å². The van der Waals surface area contributed by atoms with Crippen LogP contribution in [-0.2, 0) is 10.0 Å². The molecule has 0 unspecified atom stereocenters.